The third kappa shape index (κ3) is 46.5. The Morgan fingerprint density at radius 1 is 0.433 bits per heavy atom. The van der Waals surface area contributed by atoms with E-state index in [0.29, 0.717) is 6.42 Å². The quantitative estimate of drug-likeness (QED) is 0.0348. The molecule has 0 amide bonds. The zero-order chi connectivity index (χ0) is 43.9. The van der Waals surface area contributed by atoms with Crippen molar-refractivity contribution in [3.05, 3.63) is 0 Å². The predicted molar refractivity (Wildman–Crippen MR) is 252 cm³/mol. The molecule has 0 saturated carbocycles. The van der Waals surface area contributed by atoms with Crippen LogP contribution in [0.4, 0.5) is 0 Å². The number of phosphoric acid groups is 1. The van der Waals surface area contributed by atoms with E-state index in [1.165, 1.54) is 212 Å². The van der Waals surface area contributed by atoms with Gasteiger partial charge in [-0.15, -0.1) is 0 Å². The third-order valence-electron chi connectivity index (χ3n) is 11.7. The van der Waals surface area contributed by atoms with Crippen LogP contribution in [-0.4, -0.2) is 49.3 Å². The topological polar surface area (TPSA) is 134 Å². The first-order chi connectivity index (χ1) is 29.3. The summed E-state index contributed by atoms with van der Waals surface area (Å²) in [6, 6.07) is 0. The van der Waals surface area contributed by atoms with E-state index in [2.05, 4.69) is 13.8 Å². The van der Waals surface area contributed by atoms with E-state index in [1.807, 2.05) is 0 Å². The summed E-state index contributed by atoms with van der Waals surface area (Å²) < 4.78 is 33.0. The van der Waals surface area contributed by atoms with Gasteiger partial charge in [0.25, 0.3) is 0 Å². The van der Waals surface area contributed by atoms with Gasteiger partial charge in [-0.2, -0.15) is 0 Å². The van der Waals surface area contributed by atoms with Crippen molar-refractivity contribution in [3.8, 4) is 0 Å². The zero-order valence-corrected chi connectivity index (χ0v) is 40.6. The van der Waals surface area contributed by atoms with E-state index in [-0.39, 0.29) is 38.6 Å². The Morgan fingerprint density at radius 2 is 0.717 bits per heavy atom. The van der Waals surface area contributed by atoms with Crippen molar-refractivity contribution in [3.63, 3.8) is 0 Å². The van der Waals surface area contributed by atoms with Gasteiger partial charge in [-0.1, -0.05) is 251 Å². The van der Waals surface area contributed by atoms with Gasteiger partial charge in [0.2, 0.25) is 0 Å². The fraction of sp³-hybridized carbons (Fsp3) is 0.960. The minimum absolute atomic E-state index is 0.0584. The van der Waals surface area contributed by atoms with Gasteiger partial charge in [-0.25, -0.2) is 4.57 Å². The van der Waals surface area contributed by atoms with Crippen molar-refractivity contribution in [2.24, 2.45) is 5.73 Å². The fourth-order valence-corrected chi connectivity index (χ4v) is 8.64. The maximum atomic E-state index is 12.6. The molecular weight excluding hydrogens is 774 g/mol. The van der Waals surface area contributed by atoms with Gasteiger partial charge in [0.1, 0.15) is 6.61 Å². The molecule has 0 aliphatic rings. The second kappa shape index (κ2) is 47.5. The van der Waals surface area contributed by atoms with Crippen molar-refractivity contribution in [2.75, 3.05) is 26.4 Å². The van der Waals surface area contributed by atoms with E-state index in [1.54, 1.807) is 0 Å². The molecule has 0 saturated heterocycles. The molecule has 0 radical (unpaired) electrons. The highest BCUT2D eigenvalue weighted by molar-refractivity contribution is 7.47. The van der Waals surface area contributed by atoms with Gasteiger partial charge in [0.05, 0.1) is 13.2 Å². The van der Waals surface area contributed by atoms with E-state index in [9.17, 15) is 19.0 Å². The molecule has 0 rings (SSSR count). The van der Waals surface area contributed by atoms with Crippen molar-refractivity contribution in [1.29, 1.82) is 0 Å². The maximum absolute atomic E-state index is 12.6. The van der Waals surface area contributed by atoms with Gasteiger partial charge in [-0.3, -0.25) is 18.6 Å². The molecule has 0 aromatic carbocycles. The Hall–Kier alpha value is -0.990. The van der Waals surface area contributed by atoms with Crippen LogP contribution < -0.4 is 5.73 Å². The number of esters is 2. The van der Waals surface area contributed by atoms with Crippen molar-refractivity contribution in [1.82, 2.24) is 0 Å². The Balaban J connectivity index is 3.98. The Bertz CT molecular complexity index is 953. The average Bonchev–Trinajstić information content (AvgIpc) is 3.24. The summed E-state index contributed by atoms with van der Waals surface area (Å²) in [5.41, 5.74) is 5.37. The number of carbonyl (C=O) groups excluding carboxylic acids is 2. The smallest absolute Gasteiger partial charge is 0.462 e. The largest absolute Gasteiger partial charge is 0.472 e. The van der Waals surface area contributed by atoms with Crippen LogP contribution in [0, 0.1) is 0 Å². The fourth-order valence-electron chi connectivity index (χ4n) is 7.87. The molecule has 60 heavy (non-hydrogen) atoms. The second-order valence-electron chi connectivity index (χ2n) is 17.8. The number of phosphoric ester groups is 1. The van der Waals surface area contributed by atoms with E-state index < -0.39 is 26.5 Å². The highest BCUT2D eigenvalue weighted by Gasteiger charge is 2.26. The van der Waals surface area contributed by atoms with E-state index in [4.69, 9.17) is 24.3 Å². The molecule has 0 aliphatic heterocycles. The van der Waals surface area contributed by atoms with Gasteiger partial charge in [0.15, 0.2) is 6.10 Å². The molecule has 10 heteroatoms. The second-order valence-corrected chi connectivity index (χ2v) is 19.2. The molecule has 2 atom stereocenters. The maximum Gasteiger partial charge on any atom is 0.472 e. The summed E-state index contributed by atoms with van der Waals surface area (Å²) in [7, 11) is -4.37. The molecule has 358 valence electrons. The van der Waals surface area contributed by atoms with Crippen LogP contribution in [0.25, 0.3) is 0 Å². The third-order valence-corrected chi connectivity index (χ3v) is 12.7. The van der Waals surface area contributed by atoms with Gasteiger partial charge in [0, 0.05) is 19.4 Å². The SMILES string of the molecule is CCCCCCCCCCCCCCCCCCCCCCC(=O)O[C@H](COC(=O)CCCCCCCCCCCCCCCCCCCCC)COP(=O)(O)OCCN. The Kier molecular flexibility index (Phi) is 46.7. The number of unbranched alkanes of at least 4 members (excludes halogenated alkanes) is 37. The lowest BCUT2D eigenvalue weighted by Crippen LogP contribution is -2.29. The number of nitrogens with two attached hydrogens (primary N) is 1. The van der Waals surface area contributed by atoms with Crippen LogP contribution in [-0.2, 0) is 32.7 Å². The summed E-state index contributed by atoms with van der Waals surface area (Å²) >= 11 is 0. The normalized spacial score (nSPS) is 13.1. The van der Waals surface area contributed by atoms with Crippen molar-refractivity contribution < 1.29 is 37.6 Å². The highest BCUT2D eigenvalue weighted by atomic mass is 31.2. The lowest BCUT2D eigenvalue weighted by atomic mass is 10.0. The van der Waals surface area contributed by atoms with Crippen LogP contribution in [0.2, 0.25) is 0 Å². The van der Waals surface area contributed by atoms with Crippen molar-refractivity contribution in [2.45, 2.75) is 283 Å². The van der Waals surface area contributed by atoms with Gasteiger partial charge < -0.3 is 20.1 Å². The summed E-state index contributed by atoms with van der Waals surface area (Å²) in [5.74, 6) is -0.805. The van der Waals surface area contributed by atoms with Crippen LogP contribution in [0.3, 0.4) is 0 Å². The molecule has 0 aromatic rings. The first-order valence-electron chi connectivity index (χ1n) is 26.0. The van der Waals surface area contributed by atoms with Crippen LogP contribution in [0.5, 0.6) is 0 Å². The minimum Gasteiger partial charge on any atom is -0.462 e. The molecule has 9 nitrogen and oxygen atoms in total. The summed E-state index contributed by atoms with van der Waals surface area (Å²) in [6.45, 7) is 3.81. The standard InChI is InChI=1S/C50H100NO8P/c1-3-5-7-9-11-13-15-17-19-21-23-25-27-29-31-33-35-37-39-41-43-50(53)59-48(47-58-60(54,55)57-45-44-51)46-56-49(52)42-40-38-36-34-32-30-28-26-24-22-20-18-16-14-12-10-8-6-4-2/h48H,3-47,51H2,1-2H3,(H,54,55)/t48-/m1/s1. The van der Waals surface area contributed by atoms with Gasteiger partial charge >= 0.3 is 19.8 Å². The molecule has 0 heterocycles. The molecule has 0 bridgehead atoms. The zero-order valence-electron chi connectivity index (χ0n) is 39.7. The lowest BCUT2D eigenvalue weighted by molar-refractivity contribution is -0.161. The number of hydrogen-bond acceptors (Lipinski definition) is 8. The molecule has 0 fully saturated rings. The first-order valence-corrected chi connectivity index (χ1v) is 27.5. The van der Waals surface area contributed by atoms with Crippen LogP contribution in [0.1, 0.15) is 277 Å². The number of hydrogen-bond donors (Lipinski definition) is 2. The first kappa shape index (κ1) is 59.0. The van der Waals surface area contributed by atoms with Crippen molar-refractivity contribution >= 4 is 19.8 Å². The predicted octanol–water partition coefficient (Wildman–Crippen LogP) is 15.6. The molecule has 1 unspecified atom stereocenters. The molecule has 0 spiro atoms. The summed E-state index contributed by atoms with van der Waals surface area (Å²) in [4.78, 5) is 35.1. The Morgan fingerprint density at radius 3 is 1.02 bits per heavy atom. The molecule has 0 aromatic heterocycles. The molecule has 0 aliphatic carbocycles. The monoisotopic (exact) mass is 874 g/mol. The average molecular weight is 874 g/mol. The summed E-state index contributed by atoms with van der Waals surface area (Å²) in [6.07, 6.45) is 50.0. The number of carbonyl (C=O) groups is 2. The number of ether oxygens (including phenoxy) is 2. The summed E-state index contributed by atoms with van der Waals surface area (Å²) in [5, 5.41) is 0. The Labute approximate surface area is 371 Å². The number of rotatable bonds is 50. The van der Waals surface area contributed by atoms with Crippen LogP contribution >= 0.6 is 7.82 Å². The molecular formula is C50H100NO8P. The molecule has 3 N–H and O–H groups in total. The highest BCUT2D eigenvalue weighted by Crippen LogP contribution is 2.43. The lowest BCUT2D eigenvalue weighted by Gasteiger charge is -2.19. The van der Waals surface area contributed by atoms with E-state index >= 15 is 0 Å². The van der Waals surface area contributed by atoms with Gasteiger partial charge in [-0.05, 0) is 12.8 Å². The van der Waals surface area contributed by atoms with Crippen LogP contribution in [0.15, 0.2) is 0 Å². The van der Waals surface area contributed by atoms with E-state index in [0.717, 1.165) is 32.1 Å². The minimum atomic E-state index is -4.37.